The SMILES string of the molecule is CCN(Cc1cccs1)Cc1cc(N)ccc1OC. The fourth-order valence-electron chi connectivity index (χ4n) is 2.07. The molecule has 2 rings (SSSR count). The van der Waals surface area contributed by atoms with Gasteiger partial charge in [0.15, 0.2) is 0 Å². The summed E-state index contributed by atoms with van der Waals surface area (Å²) in [6.07, 6.45) is 0. The molecule has 0 amide bonds. The molecule has 3 nitrogen and oxygen atoms in total. The lowest BCUT2D eigenvalue weighted by Gasteiger charge is -2.21. The number of ether oxygens (including phenoxy) is 1. The van der Waals surface area contributed by atoms with Gasteiger partial charge in [0, 0.05) is 29.2 Å². The van der Waals surface area contributed by atoms with E-state index in [1.54, 1.807) is 18.4 Å². The molecule has 0 aliphatic heterocycles. The highest BCUT2D eigenvalue weighted by Gasteiger charge is 2.10. The highest BCUT2D eigenvalue weighted by Crippen LogP contribution is 2.23. The van der Waals surface area contributed by atoms with Crippen LogP contribution >= 0.6 is 11.3 Å². The number of methoxy groups -OCH3 is 1. The van der Waals surface area contributed by atoms with Gasteiger partial charge in [-0.3, -0.25) is 4.90 Å². The molecule has 0 saturated heterocycles. The maximum atomic E-state index is 5.86. The van der Waals surface area contributed by atoms with E-state index in [1.807, 2.05) is 18.2 Å². The minimum atomic E-state index is 0.781. The molecule has 0 unspecified atom stereocenters. The number of benzene rings is 1. The van der Waals surface area contributed by atoms with Gasteiger partial charge in [-0.05, 0) is 36.2 Å². The van der Waals surface area contributed by atoms with Crippen LogP contribution in [0.15, 0.2) is 35.7 Å². The Bertz CT molecular complexity index is 511. The minimum absolute atomic E-state index is 0.781. The predicted molar refractivity (Wildman–Crippen MR) is 81.5 cm³/mol. The molecule has 0 spiro atoms. The average Bonchev–Trinajstić information content (AvgIpc) is 2.91. The molecule has 0 aliphatic carbocycles. The van der Waals surface area contributed by atoms with Gasteiger partial charge in [0.25, 0.3) is 0 Å². The van der Waals surface area contributed by atoms with Crippen molar-refractivity contribution in [2.24, 2.45) is 0 Å². The smallest absolute Gasteiger partial charge is 0.123 e. The average molecular weight is 276 g/mol. The van der Waals surface area contributed by atoms with Crippen LogP contribution < -0.4 is 10.5 Å². The summed E-state index contributed by atoms with van der Waals surface area (Å²) < 4.78 is 5.40. The van der Waals surface area contributed by atoms with E-state index in [4.69, 9.17) is 10.5 Å². The van der Waals surface area contributed by atoms with Crippen LogP contribution in [0.4, 0.5) is 5.69 Å². The zero-order valence-electron chi connectivity index (χ0n) is 11.4. The number of nitrogens with zero attached hydrogens (tertiary/aromatic N) is 1. The van der Waals surface area contributed by atoms with Crippen molar-refractivity contribution in [2.45, 2.75) is 20.0 Å². The van der Waals surface area contributed by atoms with Crippen molar-refractivity contribution < 1.29 is 4.74 Å². The first kappa shape index (κ1) is 13.9. The summed E-state index contributed by atoms with van der Waals surface area (Å²) in [6, 6.07) is 10.1. The van der Waals surface area contributed by atoms with E-state index in [9.17, 15) is 0 Å². The van der Waals surface area contributed by atoms with Gasteiger partial charge in [-0.25, -0.2) is 0 Å². The Balaban J connectivity index is 2.11. The van der Waals surface area contributed by atoms with Crippen molar-refractivity contribution in [1.82, 2.24) is 4.90 Å². The Hall–Kier alpha value is -1.52. The molecule has 0 bridgehead atoms. The fraction of sp³-hybridized carbons (Fsp3) is 0.333. The molecule has 2 aromatic rings. The van der Waals surface area contributed by atoms with Gasteiger partial charge in [0.2, 0.25) is 0 Å². The molecule has 19 heavy (non-hydrogen) atoms. The number of nitrogens with two attached hydrogens (primary N) is 1. The van der Waals surface area contributed by atoms with Crippen LogP contribution in [0.5, 0.6) is 5.75 Å². The number of rotatable bonds is 6. The maximum Gasteiger partial charge on any atom is 0.123 e. The molecule has 0 fully saturated rings. The van der Waals surface area contributed by atoms with Crippen molar-refractivity contribution in [3.63, 3.8) is 0 Å². The second kappa shape index (κ2) is 6.59. The second-order valence-electron chi connectivity index (χ2n) is 4.45. The van der Waals surface area contributed by atoms with Crippen molar-refractivity contribution >= 4 is 17.0 Å². The van der Waals surface area contributed by atoms with Gasteiger partial charge in [-0.1, -0.05) is 13.0 Å². The third-order valence-electron chi connectivity index (χ3n) is 3.11. The molecule has 1 aromatic carbocycles. The van der Waals surface area contributed by atoms with Crippen molar-refractivity contribution in [1.29, 1.82) is 0 Å². The van der Waals surface area contributed by atoms with E-state index in [0.29, 0.717) is 0 Å². The summed E-state index contributed by atoms with van der Waals surface area (Å²) in [7, 11) is 1.70. The zero-order chi connectivity index (χ0) is 13.7. The van der Waals surface area contributed by atoms with E-state index >= 15 is 0 Å². The summed E-state index contributed by atoms with van der Waals surface area (Å²) in [5.41, 5.74) is 7.78. The minimum Gasteiger partial charge on any atom is -0.496 e. The molecule has 1 aromatic heterocycles. The molecule has 0 saturated carbocycles. The first-order valence-corrected chi connectivity index (χ1v) is 7.28. The molecule has 0 aliphatic rings. The van der Waals surface area contributed by atoms with Crippen LogP contribution in [-0.4, -0.2) is 18.6 Å². The van der Waals surface area contributed by atoms with Crippen LogP contribution in [0.25, 0.3) is 0 Å². The number of thiophene rings is 1. The number of nitrogen functional groups attached to an aromatic ring is 1. The summed E-state index contributed by atoms with van der Waals surface area (Å²) in [6.45, 7) is 4.98. The van der Waals surface area contributed by atoms with Crippen LogP contribution in [-0.2, 0) is 13.1 Å². The molecule has 0 atom stereocenters. The highest BCUT2D eigenvalue weighted by atomic mass is 32.1. The fourth-order valence-corrected chi connectivity index (χ4v) is 2.81. The molecular formula is C15H20N2OS. The maximum absolute atomic E-state index is 5.86. The van der Waals surface area contributed by atoms with E-state index in [2.05, 4.69) is 29.3 Å². The summed E-state index contributed by atoms with van der Waals surface area (Å²) in [5.74, 6) is 0.902. The monoisotopic (exact) mass is 276 g/mol. The topological polar surface area (TPSA) is 38.5 Å². The van der Waals surface area contributed by atoms with Crippen molar-refractivity contribution in [2.75, 3.05) is 19.4 Å². The number of hydrogen-bond donors (Lipinski definition) is 1. The summed E-state index contributed by atoms with van der Waals surface area (Å²) in [4.78, 5) is 3.76. The first-order chi connectivity index (χ1) is 9.22. The molecular weight excluding hydrogens is 256 g/mol. The standard InChI is InChI=1S/C15H20N2OS/c1-3-17(11-14-5-4-8-19-14)10-12-9-13(16)6-7-15(12)18-2/h4-9H,3,10-11,16H2,1-2H3. The molecule has 1 heterocycles. The van der Waals surface area contributed by atoms with Crippen molar-refractivity contribution in [3.8, 4) is 5.75 Å². The van der Waals surface area contributed by atoms with Gasteiger partial charge >= 0.3 is 0 Å². The molecule has 0 radical (unpaired) electrons. The van der Waals surface area contributed by atoms with Gasteiger partial charge in [0.05, 0.1) is 7.11 Å². The van der Waals surface area contributed by atoms with Crippen molar-refractivity contribution in [3.05, 3.63) is 46.2 Å². The summed E-state index contributed by atoms with van der Waals surface area (Å²) in [5, 5.41) is 2.12. The van der Waals surface area contributed by atoms with Gasteiger partial charge in [0.1, 0.15) is 5.75 Å². The third-order valence-corrected chi connectivity index (χ3v) is 3.97. The molecule has 4 heteroatoms. The van der Waals surface area contributed by atoms with Crippen LogP contribution in [0, 0.1) is 0 Å². The number of hydrogen-bond acceptors (Lipinski definition) is 4. The Kier molecular flexibility index (Phi) is 4.82. The lowest BCUT2D eigenvalue weighted by Crippen LogP contribution is -2.22. The lowest BCUT2D eigenvalue weighted by atomic mass is 10.1. The lowest BCUT2D eigenvalue weighted by molar-refractivity contribution is 0.268. The number of anilines is 1. The van der Waals surface area contributed by atoms with Gasteiger partial charge in [-0.2, -0.15) is 0 Å². The third kappa shape index (κ3) is 3.72. The quantitative estimate of drug-likeness (QED) is 0.822. The Morgan fingerprint density at radius 1 is 1.26 bits per heavy atom. The zero-order valence-corrected chi connectivity index (χ0v) is 12.2. The van der Waals surface area contributed by atoms with E-state index in [0.717, 1.165) is 36.6 Å². The van der Waals surface area contributed by atoms with E-state index in [-0.39, 0.29) is 0 Å². The Morgan fingerprint density at radius 3 is 2.74 bits per heavy atom. The van der Waals surface area contributed by atoms with Crippen LogP contribution in [0.3, 0.4) is 0 Å². The normalized spacial score (nSPS) is 10.9. The van der Waals surface area contributed by atoms with Gasteiger partial charge in [-0.15, -0.1) is 11.3 Å². The van der Waals surface area contributed by atoms with Gasteiger partial charge < -0.3 is 10.5 Å². The predicted octanol–water partition coefficient (Wildman–Crippen LogP) is 3.36. The summed E-state index contributed by atoms with van der Waals surface area (Å²) >= 11 is 1.79. The highest BCUT2D eigenvalue weighted by molar-refractivity contribution is 7.09. The van der Waals surface area contributed by atoms with Crippen LogP contribution in [0.2, 0.25) is 0 Å². The van der Waals surface area contributed by atoms with E-state index in [1.165, 1.54) is 4.88 Å². The van der Waals surface area contributed by atoms with E-state index < -0.39 is 0 Å². The second-order valence-corrected chi connectivity index (χ2v) is 5.49. The first-order valence-electron chi connectivity index (χ1n) is 6.40. The Labute approximate surface area is 118 Å². The van der Waals surface area contributed by atoms with Crippen LogP contribution in [0.1, 0.15) is 17.4 Å². The Morgan fingerprint density at radius 2 is 2.11 bits per heavy atom. The molecule has 2 N–H and O–H groups in total. The largest absolute Gasteiger partial charge is 0.496 e. The molecule has 102 valence electrons.